The van der Waals surface area contributed by atoms with E-state index in [1.165, 1.54) is 14.9 Å². The van der Waals surface area contributed by atoms with Gasteiger partial charge in [-0.3, -0.25) is 0 Å². The molecule has 7 nitrogen and oxygen atoms in total. The highest BCUT2D eigenvalue weighted by molar-refractivity contribution is 7.88. The molecule has 0 saturated carbocycles. The van der Waals surface area contributed by atoms with Crippen LogP contribution >= 0.6 is 0 Å². The topological polar surface area (TPSA) is 86.8 Å². The molecule has 0 aromatic rings. The summed E-state index contributed by atoms with van der Waals surface area (Å²) in [5, 5.41) is 0. The smallest absolute Gasteiger partial charge is 0.213 e. The predicted octanol–water partition coefficient (Wildman–Crippen LogP) is 1.50. The monoisotopic (exact) mass is 409 g/mol. The Labute approximate surface area is 159 Å². The quantitative estimate of drug-likeness (QED) is 0.658. The first kappa shape index (κ1) is 22.1. The van der Waals surface area contributed by atoms with Crippen LogP contribution in [0.15, 0.2) is 0 Å². The van der Waals surface area contributed by atoms with Gasteiger partial charge in [-0.15, -0.1) is 0 Å². The molecule has 154 valence electrons. The van der Waals surface area contributed by atoms with Gasteiger partial charge in [-0.1, -0.05) is 34.6 Å². The van der Waals surface area contributed by atoms with Crippen molar-refractivity contribution in [1.82, 2.24) is 13.3 Å². The standard InChI is InChI=1S/C17H35N3O4S2/c1-16(2,3)7-14-11-20(12-14)26(23,24)18-13-17(4,5)8-15-9-19(10-15)25(6,21)22/h14-15,18H,7-13H2,1-6H3. The molecule has 0 aliphatic carbocycles. The van der Waals surface area contributed by atoms with E-state index in [-0.39, 0.29) is 10.8 Å². The summed E-state index contributed by atoms with van der Waals surface area (Å²) >= 11 is 0. The molecule has 0 radical (unpaired) electrons. The van der Waals surface area contributed by atoms with Crippen LogP contribution in [-0.2, 0) is 20.2 Å². The van der Waals surface area contributed by atoms with Gasteiger partial charge in [0.15, 0.2) is 0 Å². The second-order valence-corrected chi connectivity index (χ2v) is 13.8. The van der Waals surface area contributed by atoms with E-state index >= 15 is 0 Å². The maximum atomic E-state index is 12.5. The second-order valence-electron chi connectivity index (χ2n) is 10.1. The number of hydrogen-bond acceptors (Lipinski definition) is 4. The fourth-order valence-electron chi connectivity index (χ4n) is 3.87. The highest BCUT2D eigenvalue weighted by atomic mass is 32.2. The van der Waals surface area contributed by atoms with Gasteiger partial charge in [-0.2, -0.15) is 12.7 Å². The Morgan fingerprint density at radius 3 is 1.77 bits per heavy atom. The van der Waals surface area contributed by atoms with Gasteiger partial charge in [-0.05, 0) is 35.5 Å². The van der Waals surface area contributed by atoms with Crippen molar-refractivity contribution >= 4 is 20.2 Å². The van der Waals surface area contributed by atoms with Crippen LogP contribution in [0, 0.1) is 22.7 Å². The van der Waals surface area contributed by atoms with Crippen molar-refractivity contribution in [2.45, 2.75) is 47.5 Å². The van der Waals surface area contributed by atoms with Crippen molar-refractivity contribution < 1.29 is 16.8 Å². The largest absolute Gasteiger partial charge is 0.279 e. The lowest BCUT2D eigenvalue weighted by molar-refractivity contribution is 0.133. The Kier molecular flexibility index (Phi) is 6.21. The maximum Gasteiger partial charge on any atom is 0.279 e. The van der Waals surface area contributed by atoms with E-state index in [2.05, 4.69) is 25.5 Å². The van der Waals surface area contributed by atoms with Gasteiger partial charge >= 0.3 is 0 Å². The van der Waals surface area contributed by atoms with Crippen molar-refractivity contribution in [2.24, 2.45) is 22.7 Å². The number of sulfonamides is 1. The molecular weight excluding hydrogens is 374 g/mol. The van der Waals surface area contributed by atoms with E-state index in [9.17, 15) is 16.8 Å². The Morgan fingerprint density at radius 1 is 0.846 bits per heavy atom. The van der Waals surface area contributed by atoms with Crippen LogP contribution in [0.1, 0.15) is 47.5 Å². The van der Waals surface area contributed by atoms with Gasteiger partial charge in [0, 0.05) is 32.7 Å². The van der Waals surface area contributed by atoms with Crippen LogP contribution in [0.25, 0.3) is 0 Å². The molecule has 2 aliphatic heterocycles. The van der Waals surface area contributed by atoms with Crippen LogP contribution in [0.4, 0.5) is 0 Å². The lowest BCUT2D eigenvalue weighted by Gasteiger charge is -2.43. The van der Waals surface area contributed by atoms with Gasteiger partial charge < -0.3 is 0 Å². The summed E-state index contributed by atoms with van der Waals surface area (Å²) in [5.74, 6) is 0.737. The molecular formula is C17H35N3O4S2. The Bertz CT molecular complexity index is 699. The van der Waals surface area contributed by atoms with E-state index in [4.69, 9.17) is 0 Å². The van der Waals surface area contributed by atoms with Crippen LogP contribution in [0.2, 0.25) is 0 Å². The van der Waals surface area contributed by atoms with Crippen LogP contribution in [0.3, 0.4) is 0 Å². The summed E-state index contributed by atoms with van der Waals surface area (Å²) in [6.07, 6.45) is 3.06. The fourth-order valence-corrected chi connectivity index (χ4v) is 6.40. The summed E-state index contributed by atoms with van der Waals surface area (Å²) in [4.78, 5) is 0. The molecule has 1 N–H and O–H groups in total. The molecule has 0 bridgehead atoms. The molecule has 0 aromatic carbocycles. The number of rotatable bonds is 8. The normalized spacial score (nSPS) is 22.2. The molecule has 2 aliphatic rings. The highest BCUT2D eigenvalue weighted by Crippen LogP contribution is 2.33. The van der Waals surface area contributed by atoms with Gasteiger partial charge in [0.05, 0.1) is 6.26 Å². The van der Waals surface area contributed by atoms with Crippen LogP contribution in [-0.4, -0.2) is 64.4 Å². The molecule has 9 heteroatoms. The average molecular weight is 410 g/mol. The van der Waals surface area contributed by atoms with E-state index in [1.807, 2.05) is 13.8 Å². The molecule has 26 heavy (non-hydrogen) atoms. The SMILES string of the molecule is CC(C)(C)CC1CN(S(=O)(=O)NCC(C)(C)CC2CN(S(C)(=O)=O)C2)C1. The third-order valence-electron chi connectivity index (χ3n) is 5.13. The van der Waals surface area contributed by atoms with Gasteiger partial charge in [0.1, 0.15) is 0 Å². The predicted molar refractivity (Wildman–Crippen MR) is 104 cm³/mol. The molecule has 0 amide bonds. The van der Waals surface area contributed by atoms with Crippen molar-refractivity contribution in [1.29, 1.82) is 0 Å². The summed E-state index contributed by atoms with van der Waals surface area (Å²) in [6.45, 7) is 13.2. The minimum atomic E-state index is -3.43. The average Bonchev–Trinajstić information content (AvgIpc) is 2.32. The third-order valence-corrected chi connectivity index (χ3v) is 7.85. The first-order valence-electron chi connectivity index (χ1n) is 9.27. The fraction of sp³-hybridized carbons (Fsp3) is 1.00. The Balaban J connectivity index is 1.75. The minimum absolute atomic E-state index is 0.211. The van der Waals surface area contributed by atoms with Crippen molar-refractivity contribution in [3.8, 4) is 0 Å². The zero-order valence-corrected chi connectivity index (χ0v) is 18.6. The summed E-state index contributed by atoms with van der Waals surface area (Å²) < 4.78 is 53.5. The maximum absolute atomic E-state index is 12.5. The first-order chi connectivity index (χ1) is 11.6. The molecule has 2 saturated heterocycles. The molecule has 2 rings (SSSR count). The summed E-state index contributed by atoms with van der Waals surface area (Å²) in [5.41, 5.74) is 0.00950. The van der Waals surface area contributed by atoms with Gasteiger partial charge in [-0.25, -0.2) is 17.4 Å². The zero-order valence-electron chi connectivity index (χ0n) is 16.9. The molecule has 2 heterocycles. The number of nitrogens with one attached hydrogen (secondary N) is 1. The van der Waals surface area contributed by atoms with Gasteiger partial charge in [0.25, 0.3) is 10.2 Å². The lowest BCUT2D eigenvalue weighted by atomic mass is 9.80. The molecule has 0 spiro atoms. The van der Waals surface area contributed by atoms with Crippen molar-refractivity contribution in [3.05, 3.63) is 0 Å². The highest BCUT2D eigenvalue weighted by Gasteiger charge is 2.39. The summed E-state index contributed by atoms with van der Waals surface area (Å²) in [6, 6.07) is 0. The molecule has 0 aromatic heterocycles. The molecule has 0 atom stereocenters. The van der Waals surface area contributed by atoms with Crippen molar-refractivity contribution in [3.63, 3.8) is 0 Å². The van der Waals surface area contributed by atoms with E-state index in [0.29, 0.717) is 44.6 Å². The van der Waals surface area contributed by atoms with E-state index in [0.717, 1.165) is 12.8 Å². The molecule has 2 fully saturated rings. The Morgan fingerprint density at radius 2 is 1.31 bits per heavy atom. The summed E-state index contributed by atoms with van der Waals surface area (Å²) in [7, 11) is -6.53. The zero-order chi connectivity index (χ0) is 20.0. The van der Waals surface area contributed by atoms with E-state index in [1.54, 1.807) is 0 Å². The van der Waals surface area contributed by atoms with Crippen LogP contribution < -0.4 is 4.72 Å². The number of hydrogen-bond donors (Lipinski definition) is 1. The second kappa shape index (κ2) is 7.31. The lowest BCUT2D eigenvalue weighted by Crippen LogP contribution is -2.56. The van der Waals surface area contributed by atoms with E-state index < -0.39 is 20.2 Å². The van der Waals surface area contributed by atoms with Crippen LogP contribution in [0.5, 0.6) is 0 Å². The number of nitrogens with zero attached hydrogens (tertiary/aromatic N) is 2. The van der Waals surface area contributed by atoms with Crippen molar-refractivity contribution in [2.75, 3.05) is 39.0 Å². The Hall–Kier alpha value is -0.220. The minimum Gasteiger partial charge on any atom is -0.213 e. The first-order valence-corrected chi connectivity index (χ1v) is 12.6. The molecule has 0 unspecified atom stereocenters. The third kappa shape index (κ3) is 6.15. The van der Waals surface area contributed by atoms with Gasteiger partial charge in [0.2, 0.25) is 10.0 Å².